The van der Waals surface area contributed by atoms with Crippen molar-refractivity contribution in [2.24, 2.45) is 0 Å². The number of H-pyrrole nitrogens is 1. The highest BCUT2D eigenvalue weighted by atomic mass is 32.2. The van der Waals surface area contributed by atoms with Crippen molar-refractivity contribution in [3.63, 3.8) is 0 Å². The molecule has 5 nitrogen and oxygen atoms in total. The molecule has 0 saturated heterocycles. The Labute approximate surface area is 170 Å². The van der Waals surface area contributed by atoms with E-state index < -0.39 is 22.8 Å². The van der Waals surface area contributed by atoms with Crippen molar-refractivity contribution in [2.75, 3.05) is 5.32 Å². The van der Waals surface area contributed by atoms with Gasteiger partial charge in [-0.15, -0.1) is 0 Å². The predicted molar refractivity (Wildman–Crippen MR) is 109 cm³/mol. The van der Waals surface area contributed by atoms with Gasteiger partial charge >= 0.3 is 0 Å². The van der Waals surface area contributed by atoms with Crippen LogP contribution in [0, 0.1) is 18.6 Å². The Morgan fingerprint density at radius 1 is 1.21 bits per heavy atom. The smallest absolute Gasteiger partial charge is 0.255 e. The van der Waals surface area contributed by atoms with E-state index in [0.29, 0.717) is 28.9 Å². The quantitative estimate of drug-likeness (QED) is 0.470. The summed E-state index contributed by atoms with van der Waals surface area (Å²) in [5.41, 5.74) is 1.77. The number of carbonyl (C=O) groups is 1. The number of nitrogens with one attached hydrogen (secondary N) is 2. The highest BCUT2D eigenvalue weighted by molar-refractivity contribution is 8.00. The monoisotopic (exact) mass is 415 g/mol. The van der Waals surface area contributed by atoms with Gasteiger partial charge in [-0.1, -0.05) is 42.1 Å². The van der Waals surface area contributed by atoms with Gasteiger partial charge in [0.1, 0.15) is 11.6 Å². The van der Waals surface area contributed by atoms with Crippen molar-refractivity contribution in [1.82, 2.24) is 9.97 Å². The lowest BCUT2D eigenvalue weighted by molar-refractivity contribution is -0.115. The summed E-state index contributed by atoms with van der Waals surface area (Å²) in [6, 6.07) is 12.5. The Bertz CT molecular complexity index is 1090. The molecule has 2 aromatic carbocycles. The number of anilines is 1. The van der Waals surface area contributed by atoms with Crippen LogP contribution < -0.4 is 10.9 Å². The van der Waals surface area contributed by atoms with E-state index in [4.69, 9.17) is 0 Å². The number of thioether (sulfide) groups is 1. The second-order valence-electron chi connectivity index (χ2n) is 6.47. The molecule has 1 amide bonds. The van der Waals surface area contributed by atoms with Crippen LogP contribution >= 0.6 is 11.8 Å². The Morgan fingerprint density at radius 2 is 1.93 bits per heavy atom. The molecular formula is C21H19F2N3O2S. The fourth-order valence-electron chi connectivity index (χ4n) is 2.69. The molecule has 0 fully saturated rings. The van der Waals surface area contributed by atoms with Crippen LogP contribution in [0.1, 0.15) is 23.7 Å². The molecule has 0 radical (unpaired) electrons. The number of benzene rings is 2. The van der Waals surface area contributed by atoms with Gasteiger partial charge in [-0.2, -0.15) is 0 Å². The summed E-state index contributed by atoms with van der Waals surface area (Å²) in [7, 11) is 0. The summed E-state index contributed by atoms with van der Waals surface area (Å²) < 4.78 is 26.7. The molecule has 0 bridgehead atoms. The molecule has 1 heterocycles. The van der Waals surface area contributed by atoms with Crippen molar-refractivity contribution in [3.8, 4) is 0 Å². The molecule has 1 unspecified atom stereocenters. The maximum absolute atomic E-state index is 13.7. The molecule has 29 heavy (non-hydrogen) atoms. The second kappa shape index (κ2) is 9.00. The maximum atomic E-state index is 13.7. The van der Waals surface area contributed by atoms with E-state index in [1.807, 2.05) is 30.3 Å². The van der Waals surface area contributed by atoms with E-state index in [-0.39, 0.29) is 11.2 Å². The van der Waals surface area contributed by atoms with Crippen molar-refractivity contribution in [2.45, 2.75) is 30.7 Å². The van der Waals surface area contributed by atoms with Gasteiger partial charge in [-0.3, -0.25) is 9.59 Å². The molecule has 1 aromatic heterocycles. The first kappa shape index (κ1) is 20.7. The lowest BCUT2D eigenvalue weighted by Crippen LogP contribution is -2.24. The predicted octanol–water partition coefficient (Wildman–Crippen LogP) is 4.07. The Morgan fingerprint density at radius 3 is 2.59 bits per heavy atom. The number of hydrogen-bond acceptors (Lipinski definition) is 4. The zero-order valence-corrected chi connectivity index (χ0v) is 16.6. The van der Waals surface area contributed by atoms with E-state index in [1.165, 1.54) is 0 Å². The molecule has 0 aliphatic rings. The Kier molecular flexibility index (Phi) is 6.43. The third-order valence-corrected chi connectivity index (χ3v) is 5.26. The molecule has 0 saturated carbocycles. The third kappa shape index (κ3) is 5.29. The number of aryl methyl sites for hydroxylation is 1. The van der Waals surface area contributed by atoms with Crippen molar-refractivity contribution in [1.29, 1.82) is 0 Å². The average Bonchev–Trinajstić information content (AvgIpc) is 2.67. The van der Waals surface area contributed by atoms with Gasteiger partial charge in [0.2, 0.25) is 5.91 Å². The molecule has 1 atom stereocenters. The second-order valence-corrected chi connectivity index (χ2v) is 7.80. The van der Waals surface area contributed by atoms with Crippen LogP contribution in [0.25, 0.3) is 0 Å². The minimum absolute atomic E-state index is 0.111. The third-order valence-electron chi connectivity index (χ3n) is 4.27. The lowest BCUT2D eigenvalue weighted by Gasteiger charge is -2.13. The number of hydrogen-bond donors (Lipinski definition) is 2. The number of carbonyl (C=O) groups excluding carboxylic acids is 1. The SMILES string of the molecule is Cc1nc(SC(C)C(=O)Nc2ccc(F)cc2F)[nH]c(=O)c1Cc1ccccc1. The minimum Gasteiger partial charge on any atom is -0.323 e. The van der Waals surface area contributed by atoms with Crippen molar-refractivity contribution in [3.05, 3.63) is 87.3 Å². The van der Waals surface area contributed by atoms with Crippen LogP contribution in [-0.2, 0) is 11.2 Å². The summed E-state index contributed by atoms with van der Waals surface area (Å²) in [5.74, 6) is -2.08. The molecule has 3 aromatic rings. The highest BCUT2D eigenvalue weighted by Crippen LogP contribution is 2.22. The van der Waals surface area contributed by atoms with Crippen LogP contribution in [0.4, 0.5) is 14.5 Å². The van der Waals surface area contributed by atoms with Crippen LogP contribution in [0.15, 0.2) is 58.5 Å². The van der Waals surface area contributed by atoms with E-state index in [1.54, 1.807) is 13.8 Å². The van der Waals surface area contributed by atoms with Crippen LogP contribution in [-0.4, -0.2) is 21.1 Å². The standard InChI is InChI=1S/C21H19F2N3O2S/c1-12-16(10-14-6-4-3-5-7-14)20(28)26-21(24-12)29-13(2)19(27)25-18-9-8-15(22)11-17(18)23/h3-9,11,13H,10H2,1-2H3,(H,25,27)(H,24,26,28). The van der Waals surface area contributed by atoms with Crippen LogP contribution in [0.2, 0.25) is 0 Å². The first-order valence-electron chi connectivity index (χ1n) is 8.90. The summed E-state index contributed by atoms with van der Waals surface area (Å²) in [4.78, 5) is 31.9. The van der Waals surface area contributed by atoms with Crippen LogP contribution in [0.3, 0.4) is 0 Å². The zero-order chi connectivity index (χ0) is 21.0. The van der Waals surface area contributed by atoms with Gasteiger partial charge in [0.25, 0.3) is 5.56 Å². The average molecular weight is 415 g/mol. The minimum atomic E-state index is -0.858. The summed E-state index contributed by atoms with van der Waals surface area (Å²) >= 11 is 1.05. The summed E-state index contributed by atoms with van der Waals surface area (Å²) in [6.45, 7) is 3.35. The van der Waals surface area contributed by atoms with Gasteiger partial charge in [-0.05, 0) is 31.5 Å². The van der Waals surface area contributed by atoms with Gasteiger partial charge < -0.3 is 10.3 Å². The van der Waals surface area contributed by atoms with E-state index in [2.05, 4.69) is 15.3 Å². The highest BCUT2D eigenvalue weighted by Gasteiger charge is 2.19. The van der Waals surface area contributed by atoms with E-state index >= 15 is 0 Å². The van der Waals surface area contributed by atoms with E-state index in [0.717, 1.165) is 29.5 Å². The zero-order valence-electron chi connectivity index (χ0n) is 15.8. The number of halogens is 2. The number of aromatic amines is 1. The summed E-state index contributed by atoms with van der Waals surface area (Å²) in [5, 5.41) is 2.04. The van der Waals surface area contributed by atoms with Gasteiger partial charge in [-0.25, -0.2) is 13.8 Å². The molecular weight excluding hydrogens is 396 g/mol. The summed E-state index contributed by atoms with van der Waals surface area (Å²) in [6.07, 6.45) is 0.458. The molecule has 0 aliphatic carbocycles. The van der Waals surface area contributed by atoms with Gasteiger partial charge in [0.15, 0.2) is 5.16 Å². The Balaban J connectivity index is 1.70. The largest absolute Gasteiger partial charge is 0.323 e. The molecule has 0 aliphatic heterocycles. The number of amides is 1. The molecule has 0 spiro atoms. The van der Waals surface area contributed by atoms with Crippen molar-refractivity contribution < 1.29 is 13.6 Å². The molecule has 150 valence electrons. The fourth-order valence-corrected chi connectivity index (χ4v) is 3.54. The van der Waals surface area contributed by atoms with Crippen LogP contribution in [0.5, 0.6) is 0 Å². The maximum Gasteiger partial charge on any atom is 0.255 e. The van der Waals surface area contributed by atoms with E-state index in [9.17, 15) is 18.4 Å². The van der Waals surface area contributed by atoms with Crippen molar-refractivity contribution >= 4 is 23.4 Å². The first-order valence-corrected chi connectivity index (χ1v) is 9.77. The molecule has 8 heteroatoms. The topological polar surface area (TPSA) is 74.8 Å². The van der Waals surface area contributed by atoms with Gasteiger partial charge in [0, 0.05) is 23.7 Å². The molecule has 2 N–H and O–H groups in total. The fraction of sp³-hybridized carbons (Fsp3) is 0.190. The molecule has 3 rings (SSSR count). The normalized spacial score (nSPS) is 11.9. The number of nitrogens with zero attached hydrogens (tertiary/aromatic N) is 1. The Hall–Kier alpha value is -3.00. The number of aromatic nitrogens is 2. The van der Waals surface area contributed by atoms with Gasteiger partial charge in [0.05, 0.1) is 10.9 Å². The first-order chi connectivity index (χ1) is 13.8. The lowest BCUT2D eigenvalue weighted by atomic mass is 10.1. The number of rotatable bonds is 6.